The Kier molecular flexibility index (Phi) is 15.4. The van der Waals surface area contributed by atoms with Gasteiger partial charge in [0.05, 0.1) is 23.5 Å². The molecule has 25 heteroatoms. The average molecular weight is 897 g/mol. The van der Waals surface area contributed by atoms with Gasteiger partial charge in [0, 0.05) is 49.9 Å². The molecule has 53 heavy (non-hydrogen) atoms. The van der Waals surface area contributed by atoms with Gasteiger partial charge in [0.1, 0.15) is 10.0 Å². The summed E-state index contributed by atoms with van der Waals surface area (Å²) in [6.07, 6.45) is 4.29. The van der Waals surface area contributed by atoms with Crippen LogP contribution in [-0.2, 0) is 20.0 Å². The molecular formula is C28H28Cl3N11O5S6. The van der Waals surface area contributed by atoms with E-state index in [9.17, 15) is 21.6 Å². The molecule has 6 rings (SSSR count). The summed E-state index contributed by atoms with van der Waals surface area (Å²) in [4.78, 5) is 31.2. The quantitative estimate of drug-likeness (QED) is 0.0629. The number of ketones is 1. The number of thiazole rings is 4. The molecule has 1 aromatic carbocycles. The number of carbonyl (C=O) groups excluding carboxylic acids is 1. The molecule has 0 radical (unpaired) electrons. The fourth-order valence-corrected chi connectivity index (χ4v) is 9.83. The van der Waals surface area contributed by atoms with Gasteiger partial charge in [-0.15, -0.1) is 22.7 Å². The van der Waals surface area contributed by atoms with Gasteiger partial charge in [-0.3, -0.25) is 14.2 Å². The Morgan fingerprint density at radius 1 is 0.736 bits per heavy atom. The average Bonchev–Trinajstić information content (AvgIpc) is 3.97. The molecule has 0 unspecified atom stereocenters. The number of anilines is 6. The van der Waals surface area contributed by atoms with E-state index in [1.165, 1.54) is 47.3 Å². The summed E-state index contributed by atoms with van der Waals surface area (Å²) >= 11 is 22.3. The number of aromatic nitrogens is 5. The largest absolute Gasteiger partial charge is 0.386 e. The second-order valence-electron chi connectivity index (χ2n) is 9.52. The zero-order valence-corrected chi connectivity index (χ0v) is 34.6. The van der Waals surface area contributed by atoms with Crippen molar-refractivity contribution in [1.29, 1.82) is 0 Å². The van der Waals surface area contributed by atoms with Crippen molar-refractivity contribution in [3.63, 3.8) is 0 Å². The molecule has 6 aromatic rings. The molecule has 16 nitrogen and oxygen atoms in total. The first kappa shape index (κ1) is 41.9. The standard InChI is InChI=1S/C12H12ClN3OS.C9H9ClN4O2S2.C7H7ClN4O2S3/c1-14-11-10(13)16-12(18-11)15-7-9(17)8-5-3-2-4-6-8;1-11-7-5-13-8(4-6(7)10)18(15,16)14-9-12-2-3-17-9;1-9-5-4(8)11-6(16-5)12-17(13,14)7-10-2-3-15-7/h2-6,14H,7H2,1H3,(H,15,16);2-5,11H,1H3,(H,12,14);2-3,9H,1H3,(H,11,12). The zero-order valence-electron chi connectivity index (χ0n) is 27.4. The van der Waals surface area contributed by atoms with Gasteiger partial charge in [-0.25, -0.2) is 24.9 Å². The number of rotatable bonds is 13. The van der Waals surface area contributed by atoms with Gasteiger partial charge in [-0.1, -0.05) is 87.8 Å². The van der Waals surface area contributed by atoms with E-state index >= 15 is 0 Å². The van der Waals surface area contributed by atoms with Gasteiger partial charge in [0.25, 0.3) is 20.0 Å². The third kappa shape index (κ3) is 12.1. The Hall–Kier alpha value is -3.87. The Morgan fingerprint density at radius 3 is 1.89 bits per heavy atom. The first-order valence-electron chi connectivity index (χ1n) is 14.4. The van der Waals surface area contributed by atoms with Crippen molar-refractivity contribution in [3.8, 4) is 0 Å². The molecule has 6 N–H and O–H groups in total. The minimum Gasteiger partial charge on any atom is -0.386 e. The molecule has 5 heterocycles. The van der Waals surface area contributed by atoms with Crippen LogP contribution in [0.3, 0.4) is 0 Å². The fourth-order valence-electron chi connectivity index (χ4n) is 3.60. The molecule has 0 aliphatic rings. The Morgan fingerprint density at radius 2 is 1.34 bits per heavy atom. The Labute approximate surface area is 335 Å². The van der Waals surface area contributed by atoms with E-state index in [0.717, 1.165) is 27.7 Å². The van der Waals surface area contributed by atoms with Crippen LogP contribution in [0.2, 0.25) is 15.3 Å². The predicted molar refractivity (Wildman–Crippen MR) is 217 cm³/mol. The molecule has 0 aliphatic carbocycles. The van der Waals surface area contributed by atoms with Gasteiger partial charge in [-0.2, -0.15) is 16.8 Å². The van der Waals surface area contributed by atoms with E-state index in [4.69, 9.17) is 34.8 Å². The summed E-state index contributed by atoms with van der Waals surface area (Å²) in [6.45, 7) is 0.205. The van der Waals surface area contributed by atoms with Crippen LogP contribution in [0, 0.1) is 0 Å². The molecule has 0 saturated carbocycles. The summed E-state index contributed by atoms with van der Waals surface area (Å²) in [5.41, 5.74) is 1.24. The van der Waals surface area contributed by atoms with E-state index in [0.29, 0.717) is 26.5 Å². The summed E-state index contributed by atoms with van der Waals surface area (Å²) < 4.78 is 52.2. The van der Waals surface area contributed by atoms with Gasteiger partial charge >= 0.3 is 0 Å². The lowest BCUT2D eigenvalue weighted by molar-refractivity contribution is 0.101. The van der Waals surface area contributed by atoms with Crippen LogP contribution < -0.4 is 30.7 Å². The van der Waals surface area contributed by atoms with E-state index in [1.807, 2.05) is 18.2 Å². The normalized spacial score (nSPS) is 10.9. The van der Waals surface area contributed by atoms with Crippen molar-refractivity contribution in [2.24, 2.45) is 0 Å². The van der Waals surface area contributed by atoms with Crippen LogP contribution in [-0.4, -0.2) is 75.2 Å². The number of pyridine rings is 1. The Balaban J connectivity index is 0.000000178. The number of nitrogens with zero attached hydrogens (tertiary/aromatic N) is 5. The zero-order chi connectivity index (χ0) is 38.6. The van der Waals surface area contributed by atoms with Crippen molar-refractivity contribution >= 4 is 137 Å². The number of hydrogen-bond donors (Lipinski definition) is 6. The number of carbonyl (C=O) groups is 1. The minimum absolute atomic E-state index is 0.00479. The van der Waals surface area contributed by atoms with E-state index < -0.39 is 20.0 Å². The van der Waals surface area contributed by atoms with Crippen LogP contribution >= 0.6 is 80.1 Å². The molecule has 0 saturated heterocycles. The highest BCUT2D eigenvalue weighted by Gasteiger charge is 2.20. The van der Waals surface area contributed by atoms with Crippen LogP contribution in [0.5, 0.6) is 0 Å². The lowest BCUT2D eigenvalue weighted by Gasteiger charge is -2.07. The van der Waals surface area contributed by atoms with E-state index in [1.54, 1.807) is 44.0 Å². The molecule has 5 aromatic heterocycles. The van der Waals surface area contributed by atoms with Crippen LogP contribution in [0.4, 0.5) is 31.1 Å². The molecule has 0 aliphatic heterocycles. The van der Waals surface area contributed by atoms with Crippen molar-refractivity contribution in [1.82, 2.24) is 24.9 Å². The predicted octanol–water partition coefficient (Wildman–Crippen LogP) is 7.26. The lowest BCUT2D eigenvalue weighted by Crippen LogP contribution is -2.14. The topological polar surface area (TPSA) is 222 Å². The highest BCUT2D eigenvalue weighted by atomic mass is 35.5. The van der Waals surface area contributed by atoms with E-state index in [2.05, 4.69) is 55.6 Å². The molecule has 0 atom stereocenters. The maximum Gasteiger partial charge on any atom is 0.291 e. The second kappa shape index (κ2) is 19.5. The Bertz CT molecular complexity index is 2310. The smallest absolute Gasteiger partial charge is 0.291 e. The van der Waals surface area contributed by atoms with Gasteiger partial charge < -0.3 is 21.3 Å². The lowest BCUT2D eigenvalue weighted by atomic mass is 10.1. The molecular weight excluding hydrogens is 869 g/mol. The number of hydrogen-bond acceptors (Lipinski definition) is 18. The molecule has 282 valence electrons. The second-order valence-corrected chi connectivity index (χ2v) is 17.9. The van der Waals surface area contributed by atoms with Gasteiger partial charge in [-0.05, 0) is 6.07 Å². The highest BCUT2D eigenvalue weighted by Crippen LogP contribution is 2.33. The van der Waals surface area contributed by atoms with Crippen LogP contribution in [0.15, 0.2) is 75.1 Å². The maximum absolute atomic E-state index is 12.0. The number of sulfonamides is 2. The molecule has 0 fully saturated rings. The van der Waals surface area contributed by atoms with Crippen molar-refractivity contribution in [3.05, 3.63) is 86.6 Å². The first-order chi connectivity index (χ1) is 25.3. The summed E-state index contributed by atoms with van der Waals surface area (Å²) in [7, 11) is -2.29. The van der Waals surface area contributed by atoms with Gasteiger partial charge in [0.15, 0.2) is 36.5 Å². The van der Waals surface area contributed by atoms with Crippen molar-refractivity contribution < 1.29 is 21.6 Å². The number of halogens is 3. The first-order valence-corrected chi connectivity index (χ1v) is 21.9. The SMILES string of the molecule is CNc1cnc(S(=O)(=O)Nc2nccs2)cc1Cl.CNc1sc(NCC(=O)c2ccccc2)nc1Cl.CNc1sc(NS(=O)(=O)c2nccs2)nc1Cl. The van der Waals surface area contributed by atoms with Crippen molar-refractivity contribution in [2.75, 3.05) is 58.4 Å². The maximum atomic E-state index is 12.0. The monoisotopic (exact) mass is 895 g/mol. The molecule has 0 bridgehead atoms. The van der Waals surface area contributed by atoms with Gasteiger partial charge in [0.2, 0.25) is 4.34 Å². The number of benzene rings is 1. The third-order valence-electron chi connectivity index (χ3n) is 6.01. The number of Topliss-reactive ketones (excluding diaryl/α,β-unsaturated/α-hetero) is 1. The fraction of sp³-hybridized carbons (Fsp3) is 0.143. The third-order valence-corrected chi connectivity index (χ3v) is 13.8. The van der Waals surface area contributed by atoms with E-state index in [-0.39, 0.29) is 42.1 Å². The van der Waals surface area contributed by atoms with Crippen LogP contribution in [0.25, 0.3) is 0 Å². The molecule has 0 amide bonds. The van der Waals surface area contributed by atoms with Crippen molar-refractivity contribution in [2.45, 2.75) is 9.37 Å². The highest BCUT2D eigenvalue weighted by molar-refractivity contribution is 7.94. The summed E-state index contributed by atoms with van der Waals surface area (Å²) in [6, 6.07) is 10.4. The summed E-state index contributed by atoms with van der Waals surface area (Å²) in [5, 5.41) is 18.1. The molecule has 0 spiro atoms. The summed E-state index contributed by atoms with van der Waals surface area (Å²) in [5.74, 6) is 0.0212. The minimum atomic E-state index is -3.76. The number of nitrogens with one attached hydrogen (secondary N) is 6. The van der Waals surface area contributed by atoms with Crippen LogP contribution in [0.1, 0.15) is 10.4 Å².